The molecule has 0 aromatic heterocycles. The monoisotopic (exact) mass is 416 g/mol. The van der Waals surface area contributed by atoms with E-state index in [0.29, 0.717) is 37.5 Å². The molecule has 0 N–H and O–H groups in total. The van der Waals surface area contributed by atoms with Crippen molar-refractivity contribution in [3.05, 3.63) is 59.7 Å². The Hall–Kier alpha value is -2.38. The predicted octanol–water partition coefficient (Wildman–Crippen LogP) is 2.63. The molecule has 6 nitrogen and oxygen atoms in total. The van der Waals surface area contributed by atoms with Crippen LogP contribution in [0.4, 0.5) is 0 Å². The first-order valence-corrected chi connectivity index (χ1v) is 11.5. The number of nitrogens with zero attached hydrogens (tertiary/aromatic N) is 2. The largest absolute Gasteiger partial charge is 0.497 e. The van der Waals surface area contributed by atoms with E-state index in [1.54, 1.807) is 24.3 Å². The quantitative estimate of drug-likeness (QED) is 0.724. The molecule has 7 heteroatoms. The Labute approximate surface area is 173 Å². The topological polar surface area (TPSA) is 66.9 Å². The van der Waals surface area contributed by atoms with Gasteiger partial charge in [-0.1, -0.05) is 23.8 Å². The SMILES string of the molecule is COc1cccc(S(=O)(=O)CCN2CCCN(C(=O)c3cccc(C)c3)CC2)c1. The number of carbonyl (C=O) groups excluding carboxylic acids is 1. The third-order valence-corrected chi connectivity index (χ3v) is 6.91. The van der Waals surface area contributed by atoms with Crippen molar-refractivity contribution in [2.45, 2.75) is 18.2 Å². The van der Waals surface area contributed by atoms with E-state index in [0.717, 1.165) is 18.5 Å². The fourth-order valence-corrected chi connectivity index (χ4v) is 4.84. The highest BCUT2D eigenvalue weighted by Crippen LogP contribution is 2.19. The van der Waals surface area contributed by atoms with E-state index in [1.807, 2.05) is 36.1 Å². The second-order valence-electron chi connectivity index (χ2n) is 7.35. The Bertz CT molecular complexity index is 959. The van der Waals surface area contributed by atoms with E-state index in [4.69, 9.17) is 4.74 Å². The molecule has 2 aromatic carbocycles. The average Bonchev–Trinajstić information content (AvgIpc) is 2.97. The van der Waals surface area contributed by atoms with Gasteiger partial charge in [0.1, 0.15) is 5.75 Å². The summed E-state index contributed by atoms with van der Waals surface area (Å²) in [6.45, 7) is 5.17. The summed E-state index contributed by atoms with van der Waals surface area (Å²) in [6.07, 6.45) is 0.830. The lowest BCUT2D eigenvalue weighted by Gasteiger charge is -2.22. The molecule has 29 heavy (non-hydrogen) atoms. The van der Waals surface area contributed by atoms with E-state index in [2.05, 4.69) is 4.90 Å². The van der Waals surface area contributed by atoms with Crippen LogP contribution in [0.3, 0.4) is 0 Å². The summed E-state index contributed by atoms with van der Waals surface area (Å²) in [5.74, 6) is 0.622. The lowest BCUT2D eigenvalue weighted by atomic mass is 10.1. The van der Waals surface area contributed by atoms with Gasteiger partial charge in [-0.15, -0.1) is 0 Å². The molecule has 0 bridgehead atoms. The van der Waals surface area contributed by atoms with E-state index in [9.17, 15) is 13.2 Å². The molecule has 0 atom stereocenters. The molecule has 0 radical (unpaired) electrons. The van der Waals surface area contributed by atoms with Crippen molar-refractivity contribution in [1.82, 2.24) is 9.80 Å². The fraction of sp³-hybridized carbons (Fsp3) is 0.409. The van der Waals surface area contributed by atoms with Crippen molar-refractivity contribution in [2.24, 2.45) is 0 Å². The molecule has 1 fully saturated rings. The second kappa shape index (κ2) is 9.41. The van der Waals surface area contributed by atoms with Crippen LogP contribution in [0.2, 0.25) is 0 Å². The van der Waals surface area contributed by atoms with E-state index in [1.165, 1.54) is 7.11 Å². The predicted molar refractivity (Wildman–Crippen MR) is 113 cm³/mol. The van der Waals surface area contributed by atoms with Gasteiger partial charge in [0.05, 0.1) is 17.8 Å². The van der Waals surface area contributed by atoms with Gasteiger partial charge in [0.25, 0.3) is 5.91 Å². The first kappa shape index (κ1) is 21.3. The Morgan fingerprint density at radius 3 is 2.59 bits per heavy atom. The van der Waals surface area contributed by atoms with Crippen molar-refractivity contribution < 1.29 is 17.9 Å². The summed E-state index contributed by atoms with van der Waals surface area (Å²) in [4.78, 5) is 17.0. The van der Waals surface area contributed by atoms with Gasteiger partial charge < -0.3 is 14.5 Å². The van der Waals surface area contributed by atoms with Crippen LogP contribution in [0.5, 0.6) is 5.75 Å². The number of amides is 1. The fourth-order valence-electron chi connectivity index (χ4n) is 3.52. The Kier molecular flexibility index (Phi) is 6.92. The number of aryl methyl sites for hydroxylation is 1. The first-order valence-electron chi connectivity index (χ1n) is 9.84. The number of sulfone groups is 1. The van der Waals surface area contributed by atoms with Crippen molar-refractivity contribution >= 4 is 15.7 Å². The minimum Gasteiger partial charge on any atom is -0.497 e. The Morgan fingerprint density at radius 1 is 1.03 bits per heavy atom. The van der Waals surface area contributed by atoms with Crippen LogP contribution in [0.25, 0.3) is 0 Å². The molecule has 0 aliphatic carbocycles. The van der Waals surface area contributed by atoms with Crippen LogP contribution in [-0.4, -0.2) is 69.7 Å². The number of hydrogen-bond acceptors (Lipinski definition) is 5. The van der Waals surface area contributed by atoms with Crippen molar-refractivity contribution in [3.63, 3.8) is 0 Å². The molecular formula is C22H28N2O4S. The van der Waals surface area contributed by atoms with Gasteiger partial charge in [0.15, 0.2) is 9.84 Å². The van der Waals surface area contributed by atoms with Gasteiger partial charge in [-0.05, 0) is 50.2 Å². The van der Waals surface area contributed by atoms with E-state index >= 15 is 0 Å². The van der Waals surface area contributed by atoms with Gasteiger partial charge >= 0.3 is 0 Å². The molecule has 1 heterocycles. The lowest BCUT2D eigenvalue weighted by Crippen LogP contribution is -2.36. The number of methoxy groups -OCH3 is 1. The minimum atomic E-state index is -3.38. The molecule has 3 rings (SSSR count). The number of carbonyl (C=O) groups is 1. The minimum absolute atomic E-state index is 0.0413. The van der Waals surface area contributed by atoms with Gasteiger partial charge in [0, 0.05) is 31.7 Å². The van der Waals surface area contributed by atoms with E-state index in [-0.39, 0.29) is 16.6 Å². The number of rotatable bonds is 6. The van der Waals surface area contributed by atoms with Crippen LogP contribution < -0.4 is 4.74 Å². The smallest absolute Gasteiger partial charge is 0.253 e. The third kappa shape index (κ3) is 5.58. The van der Waals surface area contributed by atoms with Crippen molar-refractivity contribution in [3.8, 4) is 5.75 Å². The molecule has 1 aliphatic rings. The highest BCUT2D eigenvalue weighted by atomic mass is 32.2. The van der Waals surface area contributed by atoms with Crippen LogP contribution in [0.15, 0.2) is 53.4 Å². The van der Waals surface area contributed by atoms with Crippen LogP contribution in [-0.2, 0) is 9.84 Å². The highest BCUT2D eigenvalue weighted by Gasteiger charge is 2.22. The molecule has 0 saturated carbocycles. The summed E-state index contributed by atoms with van der Waals surface area (Å²) >= 11 is 0. The maximum Gasteiger partial charge on any atom is 0.253 e. The standard InChI is InChI=1S/C22H28N2O4S/c1-18-6-3-7-19(16-18)22(25)24-11-5-10-23(12-13-24)14-15-29(26,27)21-9-4-8-20(17-21)28-2/h3-4,6-9,16-17H,5,10-15H2,1-2H3. The maximum absolute atomic E-state index is 12.8. The average molecular weight is 417 g/mol. The van der Waals surface area contributed by atoms with Crippen LogP contribution in [0, 0.1) is 6.92 Å². The Morgan fingerprint density at radius 2 is 1.83 bits per heavy atom. The van der Waals surface area contributed by atoms with Gasteiger partial charge in [-0.3, -0.25) is 4.79 Å². The van der Waals surface area contributed by atoms with Gasteiger partial charge in [-0.25, -0.2) is 8.42 Å². The van der Waals surface area contributed by atoms with Crippen molar-refractivity contribution in [1.29, 1.82) is 0 Å². The molecule has 1 saturated heterocycles. The molecule has 0 unspecified atom stereocenters. The van der Waals surface area contributed by atoms with Crippen LogP contribution >= 0.6 is 0 Å². The zero-order valence-corrected chi connectivity index (χ0v) is 17.8. The molecular weight excluding hydrogens is 388 g/mol. The third-order valence-electron chi connectivity index (χ3n) is 5.22. The lowest BCUT2D eigenvalue weighted by molar-refractivity contribution is 0.0761. The van der Waals surface area contributed by atoms with Crippen LogP contribution in [0.1, 0.15) is 22.3 Å². The Balaban J connectivity index is 1.57. The zero-order valence-electron chi connectivity index (χ0n) is 17.0. The molecule has 156 valence electrons. The normalized spacial score (nSPS) is 15.7. The summed E-state index contributed by atoms with van der Waals surface area (Å²) in [7, 11) is -1.86. The number of ether oxygens (including phenoxy) is 1. The number of hydrogen-bond donors (Lipinski definition) is 0. The summed E-state index contributed by atoms with van der Waals surface area (Å²) in [5.41, 5.74) is 1.77. The number of benzene rings is 2. The zero-order chi connectivity index (χ0) is 20.9. The highest BCUT2D eigenvalue weighted by molar-refractivity contribution is 7.91. The van der Waals surface area contributed by atoms with Gasteiger partial charge in [0.2, 0.25) is 0 Å². The second-order valence-corrected chi connectivity index (χ2v) is 9.46. The first-order chi connectivity index (χ1) is 13.9. The summed E-state index contributed by atoms with van der Waals surface area (Å²) < 4.78 is 30.5. The van der Waals surface area contributed by atoms with E-state index < -0.39 is 9.84 Å². The van der Waals surface area contributed by atoms with Crippen molar-refractivity contribution in [2.75, 3.05) is 45.6 Å². The summed E-state index contributed by atoms with van der Waals surface area (Å²) in [6, 6.07) is 14.2. The van der Waals surface area contributed by atoms with Gasteiger partial charge in [-0.2, -0.15) is 0 Å². The summed E-state index contributed by atoms with van der Waals surface area (Å²) in [5, 5.41) is 0. The molecule has 0 spiro atoms. The molecule has 1 amide bonds. The maximum atomic E-state index is 12.8. The molecule has 2 aromatic rings. The molecule has 1 aliphatic heterocycles.